The molecular weight excluding hydrogens is 454 g/mol. The highest BCUT2D eigenvalue weighted by molar-refractivity contribution is 5.95. The fourth-order valence-corrected chi connectivity index (χ4v) is 2.77. The number of aromatic hydroxyl groups is 1. The van der Waals surface area contributed by atoms with Gasteiger partial charge in [0.2, 0.25) is 23.6 Å². The summed E-state index contributed by atoms with van der Waals surface area (Å²) in [6.07, 6.45) is -2.13. The van der Waals surface area contributed by atoms with Gasteiger partial charge in [0.05, 0.1) is 25.2 Å². The van der Waals surface area contributed by atoms with Crippen LogP contribution in [0, 0.1) is 0 Å². The van der Waals surface area contributed by atoms with Crippen molar-refractivity contribution in [1.82, 2.24) is 16.0 Å². The number of phenols is 1. The predicted octanol–water partition coefficient (Wildman–Crippen LogP) is -3.95. The average Bonchev–Trinajstić information content (AvgIpc) is 2.75. The van der Waals surface area contributed by atoms with Crippen molar-refractivity contribution in [2.45, 2.75) is 50.0 Å². The molecule has 14 nitrogen and oxygen atoms in total. The first-order valence-corrected chi connectivity index (χ1v) is 10.1. The number of aliphatic carboxylic acids is 1. The lowest BCUT2D eigenvalue weighted by Gasteiger charge is -2.26. The van der Waals surface area contributed by atoms with Crippen LogP contribution in [0.1, 0.15) is 18.9 Å². The first-order chi connectivity index (χ1) is 15.8. The fraction of sp³-hybridized carbons (Fsp3) is 0.450. The molecule has 1 aromatic carbocycles. The summed E-state index contributed by atoms with van der Waals surface area (Å²) < 4.78 is 0. The first kappa shape index (κ1) is 28.3. The molecule has 0 aliphatic heterocycles. The Bertz CT molecular complexity index is 891. The van der Waals surface area contributed by atoms with Crippen LogP contribution in [-0.4, -0.2) is 86.9 Å². The van der Waals surface area contributed by atoms with E-state index in [1.807, 2.05) is 0 Å². The molecule has 0 saturated carbocycles. The Labute approximate surface area is 194 Å². The smallest absolute Gasteiger partial charge is 0.328 e. The van der Waals surface area contributed by atoms with Crippen LogP contribution in [0.2, 0.25) is 0 Å². The normalized spacial score (nSPS) is 15.2. The van der Waals surface area contributed by atoms with Crippen molar-refractivity contribution in [1.29, 1.82) is 0 Å². The third-order valence-corrected chi connectivity index (χ3v) is 4.63. The van der Waals surface area contributed by atoms with Crippen LogP contribution in [0.5, 0.6) is 5.75 Å². The maximum atomic E-state index is 12.8. The third-order valence-electron chi connectivity index (χ3n) is 4.63. The minimum Gasteiger partial charge on any atom is -0.508 e. The number of primary amides is 1. The first-order valence-electron chi connectivity index (χ1n) is 10.1. The van der Waals surface area contributed by atoms with Gasteiger partial charge in [-0.15, -0.1) is 0 Å². The Morgan fingerprint density at radius 3 is 1.97 bits per heavy atom. The van der Waals surface area contributed by atoms with E-state index in [0.717, 1.165) is 0 Å². The zero-order valence-electron chi connectivity index (χ0n) is 18.3. The van der Waals surface area contributed by atoms with Crippen LogP contribution in [0.15, 0.2) is 24.3 Å². The molecule has 0 fully saturated rings. The Balaban J connectivity index is 3.08. The molecule has 0 saturated heterocycles. The van der Waals surface area contributed by atoms with Crippen molar-refractivity contribution in [2.24, 2.45) is 11.5 Å². The largest absolute Gasteiger partial charge is 0.508 e. The maximum Gasteiger partial charge on any atom is 0.328 e. The fourth-order valence-electron chi connectivity index (χ4n) is 2.77. The summed E-state index contributed by atoms with van der Waals surface area (Å²) in [7, 11) is 0. The van der Waals surface area contributed by atoms with Crippen LogP contribution in [0.4, 0.5) is 0 Å². The standard InChI is InChI=1S/C20H29N5O9/c1-9(27)16(25-17(30)12(21)7-15(22)29)19(32)23-13(6-10-2-4-11(28)5-3-10)18(31)24-14(8-26)20(33)34/h2-5,9,12-14,16,26-28H,6-8,21H2,1H3,(H2,22,29)(H,23,32)(H,24,31)(H,25,30)(H,33,34). The number of aliphatic hydroxyl groups excluding tert-OH is 2. The number of carbonyl (C=O) groups is 5. The van der Waals surface area contributed by atoms with E-state index in [1.54, 1.807) is 0 Å². The molecule has 11 N–H and O–H groups in total. The predicted molar refractivity (Wildman–Crippen MR) is 116 cm³/mol. The van der Waals surface area contributed by atoms with Gasteiger partial charge in [0.15, 0.2) is 0 Å². The van der Waals surface area contributed by atoms with E-state index < -0.39 is 72.9 Å². The van der Waals surface area contributed by atoms with Crippen molar-refractivity contribution in [3.8, 4) is 5.75 Å². The zero-order valence-corrected chi connectivity index (χ0v) is 18.3. The van der Waals surface area contributed by atoms with Gasteiger partial charge in [0, 0.05) is 6.42 Å². The molecule has 188 valence electrons. The van der Waals surface area contributed by atoms with Gasteiger partial charge in [-0.05, 0) is 24.6 Å². The summed E-state index contributed by atoms with van der Waals surface area (Å²) >= 11 is 0. The zero-order chi connectivity index (χ0) is 26.0. The number of carboxylic acid groups (broad SMARTS) is 1. The van der Waals surface area contributed by atoms with Crippen LogP contribution in [0.25, 0.3) is 0 Å². The van der Waals surface area contributed by atoms with Gasteiger partial charge in [0.1, 0.15) is 23.9 Å². The van der Waals surface area contributed by atoms with Crippen LogP contribution in [0.3, 0.4) is 0 Å². The maximum absolute atomic E-state index is 12.8. The summed E-state index contributed by atoms with van der Waals surface area (Å²) in [5.74, 6) is -5.35. The molecule has 0 aliphatic rings. The summed E-state index contributed by atoms with van der Waals surface area (Å²) in [6.45, 7) is 0.274. The van der Waals surface area contributed by atoms with E-state index in [9.17, 15) is 34.2 Å². The molecule has 0 spiro atoms. The van der Waals surface area contributed by atoms with Gasteiger partial charge in [-0.2, -0.15) is 0 Å². The van der Waals surface area contributed by atoms with Gasteiger partial charge in [0.25, 0.3) is 0 Å². The van der Waals surface area contributed by atoms with Gasteiger partial charge in [-0.25, -0.2) is 4.79 Å². The Hall–Kier alpha value is -3.75. The van der Waals surface area contributed by atoms with Crippen molar-refractivity contribution < 1.29 is 44.4 Å². The van der Waals surface area contributed by atoms with E-state index in [1.165, 1.54) is 31.2 Å². The number of aliphatic hydroxyl groups is 2. The second-order valence-corrected chi connectivity index (χ2v) is 7.52. The third kappa shape index (κ3) is 9.01. The number of carboxylic acids is 1. The molecule has 0 aromatic heterocycles. The highest BCUT2D eigenvalue weighted by atomic mass is 16.4. The summed E-state index contributed by atoms with van der Waals surface area (Å²) in [4.78, 5) is 59.8. The molecule has 34 heavy (non-hydrogen) atoms. The average molecular weight is 483 g/mol. The molecule has 14 heteroatoms. The van der Waals surface area contributed by atoms with E-state index in [-0.39, 0.29) is 12.2 Å². The van der Waals surface area contributed by atoms with E-state index in [4.69, 9.17) is 21.7 Å². The van der Waals surface area contributed by atoms with Crippen molar-refractivity contribution in [3.05, 3.63) is 29.8 Å². The Morgan fingerprint density at radius 1 is 0.941 bits per heavy atom. The summed E-state index contributed by atoms with van der Waals surface area (Å²) in [5, 5.41) is 44.2. The topological polar surface area (TPSA) is 254 Å². The number of hydrogen-bond donors (Lipinski definition) is 9. The second-order valence-electron chi connectivity index (χ2n) is 7.52. The van der Waals surface area contributed by atoms with Crippen LogP contribution in [-0.2, 0) is 30.4 Å². The molecule has 1 aromatic rings. The monoisotopic (exact) mass is 483 g/mol. The minimum absolute atomic E-state index is 0.0517. The van der Waals surface area contributed by atoms with Crippen LogP contribution < -0.4 is 27.4 Å². The number of phenolic OH excluding ortho intramolecular Hbond substituents is 1. The lowest BCUT2D eigenvalue weighted by molar-refractivity contribution is -0.143. The lowest BCUT2D eigenvalue weighted by Crippen LogP contribution is -2.60. The molecule has 0 bridgehead atoms. The van der Waals surface area contributed by atoms with E-state index >= 15 is 0 Å². The number of nitrogens with one attached hydrogen (secondary N) is 3. The molecular formula is C20H29N5O9. The quantitative estimate of drug-likeness (QED) is 0.131. The van der Waals surface area contributed by atoms with Gasteiger partial charge >= 0.3 is 5.97 Å². The number of nitrogens with two attached hydrogens (primary N) is 2. The molecule has 5 atom stereocenters. The molecule has 0 radical (unpaired) electrons. The van der Waals surface area contributed by atoms with E-state index in [0.29, 0.717) is 5.56 Å². The summed E-state index contributed by atoms with van der Waals surface area (Å²) in [5.41, 5.74) is 11.0. The molecule has 1 rings (SSSR count). The number of rotatable bonds is 13. The van der Waals surface area contributed by atoms with E-state index in [2.05, 4.69) is 16.0 Å². The second kappa shape index (κ2) is 13.1. The van der Waals surface area contributed by atoms with Gasteiger partial charge in [-0.1, -0.05) is 12.1 Å². The number of hydrogen-bond acceptors (Lipinski definition) is 9. The van der Waals surface area contributed by atoms with Gasteiger partial charge in [-0.3, -0.25) is 19.2 Å². The minimum atomic E-state index is -1.65. The highest BCUT2D eigenvalue weighted by Gasteiger charge is 2.32. The van der Waals surface area contributed by atoms with Crippen LogP contribution >= 0.6 is 0 Å². The molecule has 0 heterocycles. The molecule has 4 amide bonds. The summed E-state index contributed by atoms with van der Waals surface area (Å²) in [6, 6.07) is -0.442. The van der Waals surface area contributed by atoms with Gasteiger partial charge < -0.3 is 47.8 Å². The van der Waals surface area contributed by atoms with Crippen molar-refractivity contribution in [3.63, 3.8) is 0 Å². The SMILES string of the molecule is CC(O)C(NC(=O)C(N)CC(N)=O)C(=O)NC(Cc1ccc(O)cc1)C(=O)NC(CO)C(=O)O. The Morgan fingerprint density at radius 2 is 1.50 bits per heavy atom. The number of benzene rings is 1. The highest BCUT2D eigenvalue weighted by Crippen LogP contribution is 2.12. The molecule has 0 aliphatic carbocycles. The lowest BCUT2D eigenvalue weighted by atomic mass is 10.0. The number of amides is 4. The Kier molecular flexibility index (Phi) is 10.9. The molecule has 5 unspecified atom stereocenters. The van der Waals surface area contributed by atoms with Crippen molar-refractivity contribution in [2.75, 3.05) is 6.61 Å². The number of carbonyl (C=O) groups excluding carboxylic acids is 4. The van der Waals surface area contributed by atoms with Crippen molar-refractivity contribution >= 4 is 29.6 Å².